The summed E-state index contributed by atoms with van der Waals surface area (Å²) in [4.78, 5) is 12.1. The van der Waals surface area contributed by atoms with E-state index in [1.54, 1.807) is 24.3 Å². The first-order chi connectivity index (χ1) is 12.2. The Morgan fingerprint density at radius 1 is 0.840 bits per heavy atom. The molecule has 25 heavy (non-hydrogen) atoms. The van der Waals surface area contributed by atoms with Crippen molar-refractivity contribution in [3.05, 3.63) is 101 Å². The van der Waals surface area contributed by atoms with Gasteiger partial charge in [-0.05, 0) is 23.3 Å². The summed E-state index contributed by atoms with van der Waals surface area (Å²) in [5.41, 5.74) is 2.73. The van der Waals surface area contributed by atoms with Gasteiger partial charge in [0.2, 0.25) is 0 Å². The van der Waals surface area contributed by atoms with Crippen LogP contribution in [0, 0.1) is 0 Å². The van der Waals surface area contributed by atoms with E-state index in [0.717, 1.165) is 11.1 Å². The maximum absolute atomic E-state index is 12.1. The molecule has 0 atom stereocenters. The maximum Gasteiger partial charge on any atom is 0.411 e. The van der Waals surface area contributed by atoms with E-state index in [9.17, 15) is 4.79 Å². The Kier molecular flexibility index (Phi) is 5.70. The fourth-order valence-electron chi connectivity index (χ4n) is 2.62. The molecule has 0 aromatic heterocycles. The third-order valence-corrected chi connectivity index (χ3v) is 4.23. The van der Waals surface area contributed by atoms with E-state index in [2.05, 4.69) is 5.32 Å². The Morgan fingerprint density at radius 2 is 1.36 bits per heavy atom. The second kappa shape index (κ2) is 8.36. The largest absolute Gasteiger partial charge is 0.448 e. The summed E-state index contributed by atoms with van der Waals surface area (Å²) in [6, 6.07) is 27.1. The van der Waals surface area contributed by atoms with Crippen molar-refractivity contribution in [2.75, 3.05) is 11.9 Å². The highest BCUT2D eigenvalue weighted by atomic mass is 35.5. The summed E-state index contributed by atoms with van der Waals surface area (Å²) in [7, 11) is 0. The zero-order valence-electron chi connectivity index (χ0n) is 13.6. The molecule has 0 spiro atoms. The van der Waals surface area contributed by atoms with Gasteiger partial charge in [0.1, 0.15) is 6.61 Å². The molecule has 3 nitrogen and oxygen atoms in total. The average Bonchev–Trinajstić information content (AvgIpc) is 2.66. The second-order valence-electron chi connectivity index (χ2n) is 5.58. The predicted molar refractivity (Wildman–Crippen MR) is 101 cm³/mol. The van der Waals surface area contributed by atoms with E-state index in [1.165, 1.54) is 0 Å². The quantitative estimate of drug-likeness (QED) is 0.638. The summed E-state index contributed by atoms with van der Waals surface area (Å²) in [5, 5.41) is 3.15. The fraction of sp³-hybridized carbons (Fsp3) is 0.0952. The number of para-hydroxylation sites is 1. The van der Waals surface area contributed by atoms with Crippen molar-refractivity contribution >= 4 is 23.4 Å². The maximum atomic E-state index is 12.1. The number of hydrogen-bond acceptors (Lipinski definition) is 2. The van der Waals surface area contributed by atoms with E-state index in [0.29, 0.717) is 10.7 Å². The molecule has 0 aliphatic rings. The minimum Gasteiger partial charge on any atom is -0.448 e. The van der Waals surface area contributed by atoms with E-state index in [1.807, 2.05) is 60.7 Å². The van der Waals surface area contributed by atoms with Gasteiger partial charge in [0.05, 0.1) is 10.7 Å². The Bertz CT molecular complexity index is 782. The first kappa shape index (κ1) is 17.1. The zero-order valence-corrected chi connectivity index (χ0v) is 14.3. The second-order valence-corrected chi connectivity index (χ2v) is 5.98. The van der Waals surface area contributed by atoms with Crippen LogP contribution in [0.15, 0.2) is 84.9 Å². The van der Waals surface area contributed by atoms with Crippen molar-refractivity contribution in [1.82, 2.24) is 0 Å². The van der Waals surface area contributed by atoms with Crippen molar-refractivity contribution in [3.63, 3.8) is 0 Å². The van der Waals surface area contributed by atoms with E-state index in [4.69, 9.17) is 16.3 Å². The van der Waals surface area contributed by atoms with Crippen LogP contribution in [0.5, 0.6) is 0 Å². The number of carbonyl (C=O) groups excluding carboxylic acids is 1. The Balaban J connectivity index is 1.71. The molecule has 1 amide bonds. The molecule has 0 unspecified atom stereocenters. The van der Waals surface area contributed by atoms with Crippen LogP contribution < -0.4 is 5.32 Å². The molecule has 0 fully saturated rings. The van der Waals surface area contributed by atoms with E-state index < -0.39 is 6.09 Å². The monoisotopic (exact) mass is 351 g/mol. The van der Waals surface area contributed by atoms with Crippen LogP contribution in [-0.4, -0.2) is 12.7 Å². The van der Waals surface area contributed by atoms with E-state index >= 15 is 0 Å². The minimum absolute atomic E-state index is 0.0283. The standard InChI is InChI=1S/C21H18ClNO2/c22-19-13-7-8-14-20(19)23-21(24)25-15-18(16-9-3-1-4-10-16)17-11-5-2-6-12-17/h1-14,18H,15H2,(H,23,24). The number of amides is 1. The number of anilines is 1. The van der Waals surface area contributed by atoms with Gasteiger partial charge in [-0.1, -0.05) is 84.4 Å². The Labute approximate surface area is 152 Å². The predicted octanol–water partition coefficient (Wildman–Crippen LogP) is 5.72. The molecule has 0 radical (unpaired) electrons. The molecule has 4 heteroatoms. The molecule has 1 N–H and O–H groups in total. The van der Waals surface area contributed by atoms with Crippen LogP contribution in [0.1, 0.15) is 17.0 Å². The molecule has 3 aromatic carbocycles. The number of halogens is 1. The summed E-state index contributed by atoms with van der Waals surface area (Å²) in [5.74, 6) is -0.0283. The minimum atomic E-state index is -0.523. The molecule has 126 valence electrons. The van der Waals surface area contributed by atoms with Gasteiger partial charge in [-0.3, -0.25) is 5.32 Å². The molecular formula is C21H18ClNO2. The highest BCUT2D eigenvalue weighted by molar-refractivity contribution is 6.33. The molecule has 0 saturated carbocycles. The molecule has 0 aliphatic carbocycles. The lowest BCUT2D eigenvalue weighted by Gasteiger charge is -2.18. The van der Waals surface area contributed by atoms with Crippen molar-refractivity contribution in [2.45, 2.75) is 5.92 Å². The lowest BCUT2D eigenvalue weighted by molar-refractivity contribution is 0.158. The summed E-state index contributed by atoms with van der Waals surface area (Å²) in [6.07, 6.45) is -0.523. The number of ether oxygens (including phenoxy) is 1. The molecule has 0 aliphatic heterocycles. The topological polar surface area (TPSA) is 38.3 Å². The molecular weight excluding hydrogens is 334 g/mol. The molecule has 3 rings (SSSR count). The van der Waals surface area contributed by atoms with Crippen molar-refractivity contribution in [2.24, 2.45) is 0 Å². The number of hydrogen-bond donors (Lipinski definition) is 1. The smallest absolute Gasteiger partial charge is 0.411 e. The lowest BCUT2D eigenvalue weighted by Crippen LogP contribution is -2.19. The van der Waals surface area contributed by atoms with Crippen LogP contribution >= 0.6 is 11.6 Å². The molecule has 0 bridgehead atoms. The normalized spacial score (nSPS) is 10.5. The van der Waals surface area contributed by atoms with E-state index in [-0.39, 0.29) is 12.5 Å². The van der Waals surface area contributed by atoms with Crippen molar-refractivity contribution in [3.8, 4) is 0 Å². The summed E-state index contributed by atoms with van der Waals surface area (Å²) < 4.78 is 5.46. The number of nitrogens with one attached hydrogen (secondary N) is 1. The summed E-state index contributed by atoms with van der Waals surface area (Å²) in [6.45, 7) is 0.240. The van der Waals surface area contributed by atoms with Crippen LogP contribution in [0.3, 0.4) is 0 Å². The van der Waals surface area contributed by atoms with Gasteiger partial charge in [-0.25, -0.2) is 4.79 Å². The van der Waals surface area contributed by atoms with Gasteiger partial charge in [0, 0.05) is 5.92 Å². The number of rotatable bonds is 5. The molecule has 0 heterocycles. The highest BCUT2D eigenvalue weighted by Crippen LogP contribution is 2.25. The van der Waals surface area contributed by atoms with Crippen LogP contribution in [0.2, 0.25) is 5.02 Å². The van der Waals surface area contributed by atoms with Crippen LogP contribution in [-0.2, 0) is 4.74 Å². The summed E-state index contributed by atoms with van der Waals surface area (Å²) >= 11 is 6.05. The van der Waals surface area contributed by atoms with Crippen LogP contribution in [0.25, 0.3) is 0 Å². The third-order valence-electron chi connectivity index (χ3n) is 3.90. The van der Waals surface area contributed by atoms with Gasteiger partial charge in [0.15, 0.2) is 0 Å². The number of benzene rings is 3. The first-order valence-electron chi connectivity index (χ1n) is 8.02. The van der Waals surface area contributed by atoms with Crippen molar-refractivity contribution in [1.29, 1.82) is 0 Å². The van der Waals surface area contributed by atoms with Crippen molar-refractivity contribution < 1.29 is 9.53 Å². The molecule has 3 aromatic rings. The molecule has 0 saturated heterocycles. The van der Waals surface area contributed by atoms with Gasteiger partial charge in [0.25, 0.3) is 0 Å². The van der Waals surface area contributed by atoms with Crippen LogP contribution in [0.4, 0.5) is 10.5 Å². The SMILES string of the molecule is O=C(Nc1ccccc1Cl)OCC(c1ccccc1)c1ccccc1. The fourth-order valence-corrected chi connectivity index (χ4v) is 2.81. The first-order valence-corrected chi connectivity index (χ1v) is 8.40. The highest BCUT2D eigenvalue weighted by Gasteiger charge is 2.16. The number of carbonyl (C=O) groups is 1. The Hall–Kier alpha value is -2.78. The van der Waals surface area contributed by atoms with Gasteiger partial charge >= 0.3 is 6.09 Å². The average molecular weight is 352 g/mol. The zero-order chi connectivity index (χ0) is 17.5. The Morgan fingerprint density at radius 3 is 1.92 bits per heavy atom. The third kappa shape index (κ3) is 4.61. The van der Waals surface area contributed by atoms with Gasteiger partial charge < -0.3 is 4.74 Å². The lowest BCUT2D eigenvalue weighted by atomic mass is 9.92. The van der Waals surface area contributed by atoms with Gasteiger partial charge in [-0.2, -0.15) is 0 Å². The van der Waals surface area contributed by atoms with Gasteiger partial charge in [-0.15, -0.1) is 0 Å².